The zero-order chi connectivity index (χ0) is 15.0. The van der Waals surface area contributed by atoms with Gasteiger partial charge in [0.05, 0.1) is 12.8 Å². The predicted octanol–water partition coefficient (Wildman–Crippen LogP) is 2.53. The van der Waals surface area contributed by atoms with Gasteiger partial charge in [-0.2, -0.15) is 0 Å². The van der Waals surface area contributed by atoms with Gasteiger partial charge in [-0.3, -0.25) is 4.79 Å². The van der Waals surface area contributed by atoms with Crippen LogP contribution in [0.5, 0.6) is 5.75 Å². The molecule has 0 bridgehead atoms. The zero-order valence-corrected chi connectivity index (χ0v) is 11.9. The fourth-order valence-corrected chi connectivity index (χ4v) is 1.46. The molecule has 1 aromatic carbocycles. The van der Waals surface area contributed by atoms with Crippen LogP contribution in [-0.4, -0.2) is 25.1 Å². The minimum absolute atomic E-state index is 0.409. The molecule has 0 unspecified atom stereocenters. The van der Waals surface area contributed by atoms with Gasteiger partial charge in [-0.1, -0.05) is 25.1 Å². The molecular formula is C15H19NO4. The van der Waals surface area contributed by atoms with Crippen LogP contribution in [0.4, 0.5) is 5.69 Å². The maximum Gasteiger partial charge on any atom is 0.331 e. The third-order valence-electron chi connectivity index (χ3n) is 2.52. The van der Waals surface area contributed by atoms with Crippen molar-refractivity contribution in [2.24, 2.45) is 0 Å². The van der Waals surface area contributed by atoms with Crippen molar-refractivity contribution in [1.82, 2.24) is 0 Å². The minimum Gasteiger partial charge on any atom is -0.495 e. The Labute approximate surface area is 118 Å². The number of methoxy groups -OCH3 is 1. The fourth-order valence-electron chi connectivity index (χ4n) is 1.46. The quantitative estimate of drug-likeness (QED) is 0.641. The van der Waals surface area contributed by atoms with Gasteiger partial charge in [0.2, 0.25) is 0 Å². The number of ether oxygens (including phenoxy) is 2. The molecule has 0 fully saturated rings. The molecule has 1 N–H and O–H groups in total. The van der Waals surface area contributed by atoms with Gasteiger partial charge in [0.15, 0.2) is 6.10 Å². The summed E-state index contributed by atoms with van der Waals surface area (Å²) < 4.78 is 10.1. The second-order valence-corrected chi connectivity index (χ2v) is 4.08. The van der Waals surface area contributed by atoms with E-state index < -0.39 is 18.0 Å². The number of allylic oxidation sites excluding steroid dienone is 1. The van der Waals surface area contributed by atoms with Gasteiger partial charge in [-0.15, -0.1) is 0 Å². The molecule has 0 heterocycles. The van der Waals surface area contributed by atoms with Gasteiger partial charge in [-0.05, 0) is 25.5 Å². The van der Waals surface area contributed by atoms with E-state index in [1.807, 2.05) is 6.92 Å². The SMILES string of the molecule is CC/C=C/C(=O)O[C@@H](C)C(=O)Nc1ccccc1OC. The summed E-state index contributed by atoms with van der Waals surface area (Å²) in [6.07, 6.45) is 2.84. The lowest BCUT2D eigenvalue weighted by atomic mass is 10.2. The van der Waals surface area contributed by atoms with Crippen LogP contribution >= 0.6 is 0 Å². The monoisotopic (exact) mass is 277 g/mol. The van der Waals surface area contributed by atoms with Gasteiger partial charge < -0.3 is 14.8 Å². The highest BCUT2D eigenvalue weighted by Gasteiger charge is 2.17. The van der Waals surface area contributed by atoms with E-state index in [-0.39, 0.29) is 0 Å². The number of para-hydroxylation sites is 2. The Kier molecular flexibility index (Phi) is 6.29. The smallest absolute Gasteiger partial charge is 0.331 e. The number of hydrogen-bond acceptors (Lipinski definition) is 4. The summed E-state index contributed by atoms with van der Waals surface area (Å²) in [7, 11) is 1.52. The lowest BCUT2D eigenvalue weighted by molar-refractivity contribution is -0.148. The van der Waals surface area contributed by atoms with Crippen LogP contribution in [0.15, 0.2) is 36.4 Å². The molecule has 1 rings (SSSR count). The molecular weight excluding hydrogens is 258 g/mol. The summed E-state index contributed by atoms with van der Waals surface area (Å²) in [6, 6.07) is 7.02. The first-order valence-electron chi connectivity index (χ1n) is 6.39. The molecule has 5 heteroatoms. The van der Waals surface area contributed by atoms with Gasteiger partial charge >= 0.3 is 5.97 Å². The van der Waals surface area contributed by atoms with Crippen LogP contribution in [0, 0.1) is 0 Å². The average molecular weight is 277 g/mol. The number of carbonyl (C=O) groups excluding carboxylic acids is 2. The number of nitrogens with one attached hydrogen (secondary N) is 1. The molecule has 0 aliphatic rings. The van der Waals surface area contributed by atoms with Gasteiger partial charge in [0, 0.05) is 6.08 Å². The van der Waals surface area contributed by atoms with Crippen LogP contribution in [-0.2, 0) is 14.3 Å². The Balaban J connectivity index is 2.62. The highest BCUT2D eigenvalue weighted by molar-refractivity contribution is 5.97. The highest BCUT2D eigenvalue weighted by Crippen LogP contribution is 2.23. The molecule has 0 saturated carbocycles. The maximum absolute atomic E-state index is 11.9. The number of amides is 1. The average Bonchev–Trinajstić information content (AvgIpc) is 2.45. The van der Waals surface area contributed by atoms with Crippen molar-refractivity contribution >= 4 is 17.6 Å². The third kappa shape index (κ3) is 4.76. The van der Waals surface area contributed by atoms with E-state index in [4.69, 9.17) is 9.47 Å². The molecule has 1 atom stereocenters. The second kappa shape index (κ2) is 7.99. The molecule has 0 aromatic heterocycles. The first-order chi connectivity index (χ1) is 9.58. The van der Waals surface area contributed by atoms with Crippen LogP contribution in [0.2, 0.25) is 0 Å². The number of benzene rings is 1. The van der Waals surface area contributed by atoms with Crippen LogP contribution in [0.1, 0.15) is 20.3 Å². The molecule has 0 saturated heterocycles. The number of hydrogen-bond donors (Lipinski definition) is 1. The zero-order valence-electron chi connectivity index (χ0n) is 11.9. The van der Waals surface area contributed by atoms with Crippen molar-refractivity contribution in [3.8, 4) is 5.75 Å². The molecule has 0 aliphatic carbocycles. The normalized spacial score (nSPS) is 11.9. The van der Waals surface area contributed by atoms with Gasteiger partial charge in [0.25, 0.3) is 5.91 Å². The molecule has 1 aromatic rings. The molecule has 1 amide bonds. The summed E-state index contributed by atoms with van der Waals surface area (Å²) in [5.74, 6) is -0.396. The Hall–Kier alpha value is -2.30. The number of esters is 1. The minimum atomic E-state index is -0.881. The fraction of sp³-hybridized carbons (Fsp3) is 0.333. The maximum atomic E-state index is 11.9. The standard InChI is InChI=1S/C15H19NO4/c1-4-5-10-14(17)20-11(2)15(18)16-12-8-6-7-9-13(12)19-3/h5-11H,4H2,1-3H3,(H,16,18)/b10-5+/t11-/m0/s1. The van der Waals surface area contributed by atoms with Crippen molar-refractivity contribution in [3.63, 3.8) is 0 Å². The predicted molar refractivity (Wildman–Crippen MR) is 76.6 cm³/mol. The Morgan fingerprint density at radius 3 is 2.70 bits per heavy atom. The van der Waals surface area contributed by atoms with Crippen LogP contribution in [0.3, 0.4) is 0 Å². The van der Waals surface area contributed by atoms with Crippen molar-refractivity contribution in [1.29, 1.82) is 0 Å². The van der Waals surface area contributed by atoms with Gasteiger partial charge in [-0.25, -0.2) is 4.79 Å². The first kappa shape index (κ1) is 15.8. The molecule has 0 spiro atoms. The van der Waals surface area contributed by atoms with Crippen molar-refractivity contribution < 1.29 is 19.1 Å². The van der Waals surface area contributed by atoms with E-state index in [2.05, 4.69) is 5.32 Å². The lowest BCUT2D eigenvalue weighted by Gasteiger charge is -2.14. The Bertz CT molecular complexity index is 496. The Morgan fingerprint density at radius 2 is 2.05 bits per heavy atom. The summed E-state index contributed by atoms with van der Waals surface area (Å²) >= 11 is 0. The number of anilines is 1. The van der Waals surface area contributed by atoms with Crippen LogP contribution in [0.25, 0.3) is 0 Å². The van der Waals surface area contributed by atoms with Crippen molar-refractivity contribution in [2.75, 3.05) is 12.4 Å². The molecule has 20 heavy (non-hydrogen) atoms. The summed E-state index contributed by atoms with van der Waals surface area (Å²) in [6.45, 7) is 3.42. The highest BCUT2D eigenvalue weighted by atomic mass is 16.5. The third-order valence-corrected chi connectivity index (χ3v) is 2.52. The van der Waals surface area contributed by atoms with Gasteiger partial charge in [0.1, 0.15) is 5.75 Å². The summed E-state index contributed by atoms with van der Waals surface area (Å²) in [4.78, 5) is 23.3. The lowest BCUT2D eigenvalue weighted by Crippen LogP contribution is -2.29. The first-order valence-corrected chi connectivity index (χ1v) is 6.39. The largest absolute Gasteiger partial charge is 0.495 e. The van der Waals surface area contributed by atoms with E-state index in [9.17, 15) is 9.59 Å². The van der Waals surface area contributed by atoms with E-state index in [0.29, 0.717) is 11.4 Å². The molecule has 0 aliphatic heterocycles. The second-order valence-electron chi connectivity index (χ2n) is 4.08. The van der Waals surface area contributed by atoms with E-state index in [1.165, 1.54) is 20.1 Å². The topological polar surface area (TPSA) is 64.6 Å². The summed E-state index contributed by atoms with van der Waals surface area (Å²) in [5, 5.41) is 2.66. The molecule has 5 nitrogen and oxygen atoms in total. The van der Waals surface area contributed by atoms with E-state index >= 15 is 0 Å². The number of carbonyl (C=O) groups is 2. The van der Waals surface area contributed by atoms with E-state index in [0.717, 1.165) is 6.42 Å². The van der Waals surface area contributed by atoms with Crippen molar-refractivity contribution in [3.05, 3.63) is 36.4 Å². The summed E-state index contributed by atoms with van der Waals surface area (Å²) in [5.41, 5.74) is 0.534. The van der Waals surface area contributed by atoms with E-state index in [1.54, 1.807) is 30.3 Å². The number of rotatable bonds is 6. The van der Waals surface area contributed by atoms with Crippen molar-refractivity contribution in [2.45, 2.75) is 26.4 Å². The molecule has 108 valence electrons. The molecule has 0 radical (unpaired) electrons. The van der Waals surface area contributed by atoms with Crippen LogP contribution < -0.4 is 10.1 Å². The Morgan fingerprint density at radius 1 is 1.35 bits per heavy atom.